The minimum absolute atomic E-state index is 0.0639. The van der Waals surface area contributed by atoms with E-state index < -0.39 is 17.6 Å². The first-order valence-electron chi connectivity index (χ1n) is 8.14. The molecule has 3 aromatic rings. The number of hydrogen-bond acceptors (Lipinski definition) is 5. The lowest BCUT2D eigenvalue weighted by Crippen LogP contribution is -2.21. The maximum atomic E-state index is 12.5. The number of H-pyrrole nitrogens is 1. The van der Waals surface area contributed by atoms with Gasteiger partial charge in [0.25, 0.3) is 5.91 Å². The SMILES string of the molecule is COC(=O)c1cccc(NC(=O)c2cc(-c3ccc(C)cc3)nc(=O)[nH]2)c1. The topological polar surface area (TPSA) is 101 Å². The van der Waals surface area contributed by atoms with Crippen LogP contribution in [-0.4, -0.2) is 29.0 Å². The number of aromatic nitrogens is 2. The second-order valence-electron chi connectivity index (χ2n) is 5.88. The molecule has 0 saturated heterocycles. The molecule has 3 rings (SSSR count). The molecular formula is C20H17N3O4. The van der Waals surface area contributed by atoms with Crippen LogP contribution in [0.5, 0.6) is 0 Å². The Morgan fingerprint density at radius 3 is 2.52 bits per heavy atom. The number of anilines is 1. The van der Waals surface area contributed by atoms with Gasteiger partial charge in [-0.3, -0.25) is 4.79 Å². The Labute approximate surface area is 155 Å². The summed E-state index contributed by atoms with van der Waals surface area (Å²) in [7, 11) is 1.28. The summed E-state index contributed by atoms with van der Waals surface area (Å²) >= 11 is 0. The summed E-state index contributed by atoms with van der Waals surface area (Å²) < 4.78 is 4.66. The average molecular weight is 363 g/mol. The van der Waals surface area contributed by atoms with Crippen LogP contribution in [0.1, 0.15) is 26.4 Å². The smallest absolute Gasteiger partial charge is 0.346 e. The number of amides is 1. The molecule has 0 bridgehead atoms. The van der Waals surface area contributed by atoms with E-state index in [2.05, 4.69) is 20.0 Å². The molecule has 7 nitrogen and oxygen atoms in total. The molecule has 0 aliphatic heterocycles. The molecule has 0 aliphatic rings. The number of hydrogen-bond donors (Lipinski definition) is 2. The van der Waals surface area contributed by atoms with Gasteiger partial charge in [0.1, 0.15) is 5.69 Å². The molecule has 1 heterocycles. The van der Waals surface area contributed by atoms with Gasteiger partial charge < -0.3 is 15.0 Å². The summed E-state index contributed by atoms with van der Waals surface area (Å²) in [5.41, 5.74) is 2.35. The first kappa shape index (κ1) is 18.1. The Balaban J connectivity index is 1.88. The highest BCUT2D eigenvalue weighted by Gasteiger charge is 2.12. The molecule has 0 saturated carbocycles. The van der Waals surface area contributed by atoms with E-state index in [4.69, 9.17) is 0 Å². The Morgan fingerprint density at radius 2 is 1.81 bits per heavy atom. The van der Waals surface area contributed by atoms with Crippen molar-refractivity contribution in [3.8, 4) is 11.3 Å². The monoisotopic (exact) mass is 363 g/mol. The number of benzene rings is 2. The molecule has 2 N–H and O–H groups in total. The van der Waals surface area contributed by atoms with Crippen LogP contribution in [0, 0.1) is 6.92 Å². The highest BCUT2D eigenvalue weighted by Crippen LogP contribution is 2.18. The fraction of sp³-hybridized carbons (Fsp3) is 0.100. The molecule has 0 radical (unpaired) electrons. The van der Waals surface area contributed by atoms with E-state index in [0.717, 1.165) is 11.1 Å². The number of aryl methyl sites for hydroxylation is 1. The van der Waals surface area contributed by atoms with Crippen molar-refractivity contribution in [2.75, 3.05) is 12.4 Å². The number of carbonyl (C=O) groups is 2. The van der Waals surface area contributed by atoms with Gasteiger partial charge in [-0.1, -0.05) is 35.9 Å². The van der Waals surface area contributed by atoms with Gasteiger partial charge in [0.05, 0.1) is 18.4 Å². The summed E-state index contributed by atoms with van der Waals surface area (Å²) in [6.45, 7) is 1.95. The van der Waals surface area contributed by atoms with Gasteiger partial charge in [0.2, 0.25) is 0 Å². The molecule has 1 aromatic heterocycles. The van der Waals surface area contributed by atoms with Gasteiger partial charge in [0, 0.05) is 11.3 Å². The van der Waals surface area contributed by atoms with Crippen LogP contribution < -0.4 is 11.0 Å². The lowest BCUT2D eigenvalue weighted by atomic mass is 10.1. The number of ether oxygens (including phenoxy) is 1. The summed E-state index contributed by atoms with van der Waals surface area (Å²) in [4.78, 5) is 42.4. The minimum atomic E-state index is -0.624. The van der Waals surface area contributed by atoms with Crippen LogP contribution in [0.4, 0.5) is 5.69 Å². The first-order valence-corrected chi connectivity index (χ1v) is 8.14. The number of nitrogens with one attached hydrogen (secondary N) is 2. The summed E-state index contributed by atoms with van der Waals surface area (Å²) in [6.07, 6.45) is 0. The van der Waals surface area contributed by atoms with Crippen LogP contribution in [0.3, 0.4) is 0 Å². The number of esters is 1. The first-order chi connectivity index (χ1) is 13.0. The highest BCUT2D eigenvalue weighted by molar-refractivity contribution is 6.04. The third-order valence-electron chi connectivity index (χ3n) is 3.88. The van der Waals surface area contributed by atoms with E-state index in [-0.39, 0.29) is 5.69 Å². The van der Waals surface area contributed by atoms with E-state index in [9.17, 15) is 14.4 Å². The van der Waals surface area contributed by atoms with Gasteiger partial charge in [-0.15, -0.1) is 0 Å². The maximum Gasteiger partial charge on any atom is 0.346 e. The molecule has 0 fully saturated rings. The maximum absolute atomic E-state index is 12.5. The zero-order valence-corrected chi connectivity index (χ0v) is 14.8. The lowest BCUT2D eigenvalue weighted by Gasteiger charge is -2.08. The van der Waals surface area contributed by atoms with Crippen LogP contribution in [0.15, 0.2) is 59.4 Å². The predicted octanol–water partition coefficient (Wildman–Crippen LogP) is 2.78. The van der Waals surface area contributed by atoms with Crippen molar-refractivity contribution in [1.82, 2.24) is 9.97 Å². The van der Waals surface area contributed by atoms with Crippen molar-refractivity contribution in [2.24, 2.45) is 0 Å². The summed E-state index contributed by atoms with van der Waals surface area (Å²) in [5.74, 6) is -1.03. The number of methoxy groups -OCH3 is 1. The van der Waals surface area contributed by atoms with Crippen molar-refractivity contribution in [3.05, 3.63) is 81.9 Å². The minimum Gasteiger partial charge on any atom is -0.465 e. The largest absolute Gasteiger partial charge is 0.465 e. The van der Waals surface area contributed by atoms with Crippen LogP contribution in [0.2, 0.25) is 0 Å². The van der Waals surface area contributed by atoms with Gasteiger partial charge >= 0.3 is 11.7 Å². The standard InChI is InChI=1S/C20H17N3O4/c1-12-6-8-13(9-7-12)16-11-17(23-20(26)22-16)18(24)21-15-5-3-4-14(10-15)19(25)27-2/h3-11H,1-2H3,(H,21,24)(H,22,23,26). The molecule has 0 spiro atoms. The zero-order chi connectivity index (χ0) is 19.4. The highest BCUT2D eigenvalue weighted by atomic mass is 16.5. The summed E-state index contributed by atoms with van der Waals surface area (Å²) in [5, 5.41) is 2.65. The van der Waals surface area contributed by atoms with Crippen molar-refractivity contribution in [1.29, 1.82) is 0 Å². The van der Waals surface area contributed by atoms with Crippen molar-refractivity contribution >= 4 is 17.6 Å². The van der Waals surface area contributed by atoms with Crippen molar-refractivity contribution < 1.29 is 14.3 Å². The molecule has 7 heteroatoms. The fourth-order valence-electron chi connectivity index (χ4n) is 2.49. The normalized spacial score (nSPS) is 10.3. The van der Waals surface area contributed by atoms with E-state index >= 15 is 0 Å². The van der Waals surface area contributed by atoms with Gasteiger partial charge in [-0.2, -0.15) is 4.98 Å². The average Bonchev–Trinajstić information content (AvgIpc) is 2.67. The molecule has 136 valence electrons. The number of nitrogens with zero attached hydrogens (tertiary/aromatic N) is 1. The third kappa shape index (κ3) is 4.27. The second-order valence-corrected chi connectivity index (χ2v) is 5.88. The van der Waals surface area contributed by atoms with Crippen LogP contribution >= 0.6 is 0 Å². The lowest BCUT2D eigenvalue weighted by molar-refractivity contribution is 0.0600. The number of aromatic amines is 1. The van der Waals surface area contributed by atoms with E-state index in [1.54, 1.807) is 18.2 Å². The number of carbonyl (C=O) groups excluding carboxylic acids is 2. The van der Waals surface area contributed by atoms with E-state index in [1.165, 1.54) is 19.2 Å². The van der Waals surface area contributed by atoms with Crippen LogP contribution in [0.25, 0.3) is 11.3 Å². The Kier molecular flexibility index (Phi) is 5.12. The third-order valence-corrected chi connectivity index (χ3v) is 3.88. The molecule has 0 atom stereocenters. The molecule has 0 aliphatic carbocycles. The fourth-order valence-corrected chi connectivity index (χ4v) is 2.49. The Hall–Kier alpha value is -3.74. The van der Waals surface area contributed by atoms with E-state index in [1.807, 2.05) is 31.2 Å². The molecule has 27 heavy (non-hydrogen) atoms. The second kappa shape index (κ2) is 7.65. The van der Waals surface area contributed by atoms with Crippen molar-refractivity contribution in [3.63, 3.8) is 0 Å². The Morgan fingerprint density at radius 1 is 1.07 bits per heavy atom. The zero-order valence-electron chi connectivity index (χ0n) is 14.8. The molecule has 0 unspecified atom stereocenters. The Bertz CT molecular complexity index is 1060. The predicted molar refractivity (Wildman–Crippen MR) is 101 cm³/mol. The van der Waals surface area contributed by atoms with E-state index in [0.29, 0.717) is 16.9 Å². The quantitative estimate of drug-likeness (QED) is 0.694. The number of rotatable bonds is 4. The van der Waals surface area contributed by atoms with Crippen LogP contribution in [-0.2, 0) is 4.74 Å². The van der Waals surface area contributed by atoms with Gasteiger partial charge in [0.15, 0.2) is 0 Å². The molecular weight excluding hydrogens is 346 g/mol. The summed E-state index contributed by atoms with van der Waals surface area (Å²) in [6, 6.07) is 15.3. The molecule has 1 amide bonds. The van der Waals surface area contributed by atoms with Gasteiger partial charge in [-0.05, 0) is 31.2 Å². The molecule has 2 aromatic carbocycles. The van der Waals surface area contributed by atoms with Gasteiger partial charge in [-0.25, -0.2) is 9.59 Å². The van der Waals surface area contributed by atoms with Crippen molar-refractivity contribution in [2.45, 2.75) is 6.92 Å².